The molecule has 5 nitrogen and oxygen atoms in total. The van der Waals surface area contributed by atoms with E-state index in [9.17, 15) is 4.79 Å². The zero-order valence-corrected chi connectivity index (χ0v) is 14.3. The van der Waals surface area contributed by atoms with Gasteiger partial charge in [-0.2, -0.15) is 0 Å². The van der Waals surface area contributed by atoms with Crippen LogP contribution >= 0.6 is 11.3 Å². The molecule has 3 heterocycles. The maximum Gasteiger partial charge on any atom is 0.236 e. The number of aryl methyl sites for hydroxylation is 1. The molecule has 0 aliphatic heterocycles. The predicted molar refractivity (Wildman–Crippen MR) is 98.6 cm³/mol. The minimum absolute atomic E-state index is 0.146. The Kier molecular flexibility index (Phi) is 4.03. The summed E-state index contributed by atoms with van der Waals surface area (Å²) in [5.74, 6) is 1.07. The SMILES string of the molecule is Cc1oc(-c2cccs2)nc1CC(=O)Nc1cccc2cccnc12. The van der Waals surface area contributed by atoms with Crippen molar-refractivity contribution >= 4 is 33.8 Å². The van der Waals surface area contributed by atoms with Crippen molar-refractivity contribution < 1.29 is 9.21 Å². The molecule has 0 saturated carbocycles. The van der Waals surface area contributed by atoms with Crippen molar-refractivity contribution in [3.8, 4) is 10.8 Å². The Hall–Kier alpha value is -2.99. The number of aromatic nitrogens is 2. The lowest BCUT2D eigenvalue weighted by atomic mass is 10.2. The van der Waals surface area contributed by atoms with E-state index in [1.807, 2.05) is 54.8 Å². The smallest absolute Gasteiger partial charge is 0.236 e. The summed E-state index contributed by atoms with van der Waals surface area (Å²) in [6.45, 7) is 1.83. The maximum absolute atomic E-state index is 12.5. The van der Waals surface area contributed by atoms with Gasteiger partial charge in [-0.25, -0.2) is 4.98 Å². The van der Waals surface area contributed by atoms with Crippen molar-refractivity contribution in [2.24, 2.45) is 0 Å². The van der Waals surface area contributed by atoms with E-state index >= 15 is 0 Å². The fourth-order valence-electron chi connectivity index (χ4n) is 2.65. The van der Waals surface area contributed by atoms with Crippen LogP contribution in [0.3, 0.4) is 0 Å². The van der Waals surface area contributed by atoms with Crippen LogP contribution in [-0.2, 0) is 11.2 Å². The molecule has 25 heavy (non-hydrogen) atoms. The first-order valence-corrected chi connectivity index (χ1v) is 8.72. The third kappa shape index (κ3) is 3.16. The monoisotopic (exact) mass is 349 g/mol. The van der Waals surface area contributed by atoms with Gasteiger partial charge in [0.15, 0.2) is 0 Å². The highest BCUT2D eigenvalue weighted by molar-refractivity contribution is 7.13. The molecule has 0 bridgehead atoms. The van der Waals surface area contributed by atoms with Crippen LogP contribution in [0.4, 0.5) is 5.69 Å². The van der Waals surface area contributed by atoms with Crippen molar-refractivity contribution in [3.05, 3.63) is 65.5 Å². The number of nitrogens with zero attached hydrogens (tertiary/aromatic N) is 2. The second-order valence-corrected chi connectivity index (χ2v) is 6.55. The summed E-state index contributed by atoms with van der Waals surface area (Å²) in [5.41, 5.74) is 2.12. The van der Waals surface area contributed by atoms with Crippen molar-refractivity contribution in [1.29, 1.82) is 0 Å². The normalized spacial score (nSPS) is 10.9. The van der Waals surface area contributed by atoms with Crippen molar-refractivity contribution in [2.75, 3.05) is 5.32 Å². The maximum atomic E-state index is 12.5. The summed E-state index contributed by atoms with van der Waals surface area (Å²) < 4.78 is 5.69. The number of carbonyl (C=O) groups is 1. The van der Waals surface area contributed by atoms with E-state index < -0.39 is 0 Å². The summed E-state index contributed by atoms with van der Waals surface area (Å²) in [7, 11) is 0. The van der Waals surface area contributed by atoms with E-state index in [2.05, 4.69) is 15.3 Å². The highest BCUT2D eigenvalue weighted by atomic mass is 32.1. The Balaban J connectivity index is 1.54. The molecule has 0 unspecified atom stereocenters. The number of thiophene rings is 1. The molecule has 0 aliphatic rings. The number of amides is 1. The number of anilines is 1. The second kappa shape index (κ2) is 6.49. The topological polar surface area (TPSA) is 68.0 Å². The number of nitrogens with one attached hydrogen (secondary N) is 1. The molecule has 0 spiro atoms. The molecule has 0 atom stereocenters. The third-order valence-corrected chi connectivity index (χ3v) is 4.72. The molecule has 1 N–H and O–H groups in total. The molecule has 0 radical (unpaired) electrons. The lowest BCUT2D eigenvalue weighted by molar-refractivity contribution is -0.115. The van der Waals surface area contributed by atoms with Crippen molar-refractivity contribution in [1.82, 2.24) is 9.97 Å². The number of fused-ring (bicyclic) bond motifs is 1. The van der Waals surface area contributed by atoms with Gasteiger partial charge in [0.2, 0.25) is 11.8 Å². The van der Waals surface area contributed by atoms with E-state index in [-0.39, 0.29) is 12.3 Å². The van der Waals surface area contributed by atoms with E-state index in [1.165, 1.54) is 0 Å². The summed E-state index contributed by atoms with van der Waals surface area (Å²) in [4.78, 5) is 22.2. The number of pyridine rings is 1. The molecular weight excluding hydrogens is 334 g/mol. The first kappa shape index (κ1) is 15.5. The molecule has 0 aliphatic carbocycles. The highest BCUT2D eigenvalue weighted by Gasteiger charge is 2.16. The lowest BCUT2D eigenvalue weighted by Crippen LogP contribution is -2.15. The van der Waals surface area contributed by atoms with Crippen LogP contribution in [0.25, 0.3) is 21.7 Å². The van der Waals surface area contributed by atoms with Crippen LogP contribution in [0.15, 0.2) is 58.5 Å². The average molecular weight is 349 g/mol. The fraction of sp³-hybridized carbons (Fsp3) is 0.105. The summed E-state index contributed by atoms with van der Waals surface area (Å²) in [6, 6.07) is 13.4. The molecule has 124 valence electrons. The number of benzene rings is 1. The number of para-hydroxylation sites is 1. The van der Waals surface area contributed by atoms with Crippen LogP contribution in [-0.4, -0.2) is 15.9 Å². The van der Waals surface area contributed by atoms with Gasteiger partial charge in [0.05, 0.1) is 28.2 Å². The van der Waals surface area contributed by atoms with Gasteiger partial charge >= 0.3 is 0 Å². The number of carbonyl (C=O) groups excluding carboxylic acids is 1. The largest absolute Gasteiger partial charge is 0.440 e. The van der Waals surface area contributed by atoms with Gasteiger partial charge < -0.3 is 9.73 Å². The van der Waals surface area contributed by atoms with Crippen LogP contribution in [0, 0.1) is 6.92 Å². The molecule has 1 aromatic carbocycles. The van der Waals surface area contributed by atoms with Crippen LogP contribution in [0.1, 0.15) is 11.5 Å². The summed E-state index contributed by atoms with van der Waals surface area (Å²) >= 11 is 1.56. The zero-order valence-electron chi connectivity index (χ0n) is 13.5. The highest BCUT2D eigenvalue weighted by Crippen LogP contribution is 2.26. The standard InChI is InChI=1S/C19H15N3O2S/c1-12-15(22-19(24-12)16-8-4-10-25-16)11-17(23)21-14-7-2-5-13-6-3-9-20-18(13)14/h2-10H,11H2,1H3,(H,21,23). The van der Waals surface area contributed by atoms with Gasteiger partial charge in [-0.05, 0) is 30.5 Å². The van der Waals surface area contributed by atoms with Gasteiger partial charge in [-0.1, -0.05) is 24.3 Å². The Bertz CT molecular complexity index is 1030. The molecule has 1 amide bonds. The molecule has 4 aromatic rings. The van der Waals surface area contributed by atoms with Gasteiger partial charge in [0.1, 0.15) is 5.76 Å². The number of hydrogen-bond donors (Lipinski definition) is 1. The Morgan fingerprint density at radius 2 is 2.08 bits per heavy atom. The number of hydrogen-bond acceptors (Lipinski definition) is 5. The Morgan fingerprint density at radius 1 is 1.20 bits per heavy atom. The number of oxazole rings is 1. The van der Waals surface area contributed by atoms with Gasteiger partial charge in [0.25, 0.3) is 0 Å². The predicted octanol–water partition coefficient (Wildman–Crippen LogP) is 4.44. The van der Waals surface area contributed by atoms with E-state index in [4.69, 9.17) is 4.42 Å². The summed E-state index contributed by atoms with van der Waals surface area (Å²) in [5, 5.41) is 5.88. The molecule has 6 heteroatoms. The molecule has 4 rings (SSSR count). The van der Waals surface area contributed by atoms with Gasteiger partial charge in [-0.3, -0.25) is 9.78 Å². The Labute approximate surface area is 148 Å². The van der Waals surface area contributed by atoms with E-state index in [0.717, 1.165) is 15.8 Å². The van der Waals surface area contributed by atoms with Gasteiger partial charge in [-0.15, -0.1) is 11.3 Å². The van der Waals surface area contributed by atoms with Crippen molar-refractivity contribution in [2.45, 2.75) is 13.3 Å². The van der Waals surface area contributed by atoms with Crippen LogP contribution in [0.2, 0.25) is 0 Å². The first-order valence-electron chi connectivity index (χ1n) is 7.84. The summed E-state index contributed by atoms with van der Waals surface area (Å²) in [6.07, 6.45) is 1.87. The average Bonchev–Trinajstić information content (AvgIpc) is 3.26. The zero-order chi connectivity index (χ0) is 17.2. The molecule has 0 saturated heterocycles. The van der Waals surface area contributed by atoms with Gasteiger partial charge in [0, 0.05) is 11.6 Å². The van der Waals surface area contributed by atoms with Crippen molar-refractivity contribution in [3.63, 3.8) is 0 Å². The minimum Gasteiger partial charge on any atom is -0.440 e. The quantitative estimate of drug-likeness (QED) is 0.591. The Morgan fingerprint density at radius 3 is 2.92 bits per heavy atom. The first-order chi connectivity index (χ1) is 12.2. The third-order valence-electron chi connectivity index (χ3n) is 3.86. The molecule has 0 fully saturated rings. The lowest BCUT2D eigenvalue weighted by Gasteiger charge is -2.07. The minimum atomic E-state index is -0.146. The number of rotatable bonds is 4. The molecule has 3 aromatic heterocycles. The fourth-order valence-corrected chi connectivity index (χ4v) is 3.30. The molecular formula is C19H15N3O2S. The van der Waals surface area contributed by atoms with Crippen LogP contribution in [0.5, 0.6) is 0 Å². The van der Waals surface area contributed by atoms with Crippen LogP contribution < -0.4 is 5.32 Å². The van der Waals surface area contributed by atoms with E-state index in [1.54, 1.807) is 17.5 Å². The van der Waals surface area contributed by atoms with E-state index in [0.29, 0.717) is 23.0 Å². The second-order valence-electron chi connectivity index (χ2n) is 5.60.